The normalized spacial score (nSPS) is 18.5. The van der Waals surface area contributed by atoms with Crippen molar-refractivity contribution in [3.05, 3.63) is 34.9 Å². The average Bonchev–Trinajstić information content (AvgIpc) is 2.66. The van der Waals surface area contributed by atoms with E-state index in [1.807, 2.05) is 30.9 Å². The zero-order valence-electron chi connectivity index (χ0n) is 18.7. The fourth-order valence-electron chi connectivity index (χ4n) is 3.41. The molecule has 1 aromatic carbocycles. The van der Waals surface area contributed by atoms with Crippen LogP contribution in [0.3, 0.4) is 0 Å². The molecule has 1 aliphatic heterocycles. The van der Waals surface area contributed by atoms with Gasteiger partial charge in [-0.15, -0.1) is 0 Å². The molecule has 2 N–H and O–H groups in total. The molecule has 2 rings (SSSR count). The van der Waals surface area contributed by atoms with Crippen molar-refractivity contribution in [3.63, 3.8) is 0 Å². The number of carbonyl (C=O) groups is 3. The van der Waals surface area contributed by atoms with E-state index in [0.29, 0.717) is 24.7 Å². The topological polar surface area (TPSA) is 99.2 Å². The minimum atomic E-state index is -0.993. The van der Waals surface area contributed by atoms with Gasteiger partial charge < -0.3 is 20.1 Å². The number of aliphatic carboxylic acids is 1. The molecule has 0 aromatic heterocycles. The Morgan fingerprint density at radius 3 is 2.32 bits per heavy atom. The highest BCUT2D eigenvalue weighted by atomic mass is 35.5. The van der Waals surface area contributed by atoms with Gasteiger partial charge in [0.1, 0.15) is 17.7 Å². The Morgan fingerprint density at radius 1 is 1.19 bits per heavy atom. The molecule has 172 valence electrons. The lowest BCUT2D eigenvalue weighted by atomic mass is 10.0. The van der Waals surface area contributed by atoms with Crippen molar-refractivity contribution in [2.45, 2.75) is 58.8 Å². The van der Waals surface area contributed by atoms with Gasteiger partial charge in [-0.3, -0.25) is 14.5 Å². The Labute approximate surface area is 188 Å². The number of amides is 2. The highest BCUT2D eigenvalue weighted by molar-refractivity contribution is 6.30. The van der Waals surface area contributed by atoms with Crippen molar-refractivity contribution in [2.24, 2.45) is 5.92 Å². The Balaban J connectivity index is 2.08. The van der Waals surface area contributed by atoms with E-state index in [2.05, 4.69) is 5.32 Å². The molecular weight excluding hydrogens is 422 g/mol. The van der Waals surface area contributed by atoms with E-state index in [4.69, 9.17) is 16.3 Å². The molecule has 1 saturated heterocycles. The molecule has 31 heavy (non-hydrogen) atoms. The summed E-state index contributed by atoms with van der Waals surface area (Å²) in [4.78, 5) is 40.6. The van der Waals surface area contributed by atoms with Gasteiger partial charge in [0, 0.05) is 31.2 Å². The predicted octanol–water partition coefficient (Wildman–Crippen LogP) is 2.99. The number of carboxylic acid groups (broad SMARTS) is 1. The highest BCUT2D eigenvalue weighted by Gasteiger charge is 2.38. The van der Waals surface area contributed by atoms with Crippen molar-refractivity contribution >= 4 is 29.6 Å². The first-order chi connectivity index (χ1) is 14.4. The van der Waals surface area contributed by atoms with Gasteiger partial charge in [-0.25, -0.2) is 4.79 Å². The summed E-state index contributed by atoms with van der Waals surface area (Å²) in [5.41, 5.74) is 0.262. The predicted molar refractivity (Wildman–Crippen MR) is 118 cm³/mol. The van der Waals surface area contributed by atoms with Crippen LogP contribution >= 0.6 is 11.6 Å². The zero-order valence-corrected chi connectivity index (χ0v) is 19.5. The number of nitrogens with zero attached hydrogens (tertiary/aromatic N) is 2. The third-order valence-electron chi connectivity index (χ3n) is 4.99. The van der Waals surface area contributed by atoms with Crippen molar-refractivity contribution in [1.29, 1.82) is 0 Å². The number of hydrogen-bond donors (Lipinski definition) is 2. The second-order valence-electron chi connectivity index (χ2n) is 9.10. The van der Waals surface area contributed by atoms with Gasteiger partial charge in [-0.05, 0) is 44.4 Å². The number of piperazine rings is 1. The van der Waals surface area contributed by atoms with Crippen LogP contribution < -0.4 is 5.32 Å². The fraction of sp³-hybridized carbons (Fsp3) is 0.591. The lowest BCUT2D eigenvalue weighted by Crippen LogP contribution is -2.61. The maximum Gasteiger partial charge on any atom is 0.408 e. The summed E-state index contributed by atoms with van der Waals surface area (Å²) in [7, 11) is 0. The second-order valence-corrected chi connectivity index (χ2v) is 9.54. The second kappa shape index (κ2) is 10.3. The monoisotopic (exact) mass is 453 g/mol. The van der Waals surface area contributed by atoms with Crippen LogP contribution in [0.2, 0.25) is 5.02 Å². The highest BCUT2D eigenvalue weighted by Crippen LogP contribution is 2.19. The van der Waals surface area contributed by atoms with Crippen molar-refractivity contribution in [1.82, 2.24) is 15.1 Å². The van der Waals surface area contributed by atoms with Gasteiger partial charge in [0.25, 0.3) is 0 Å². The summed E-state index contributed by atoms with van der Waals surface area (Å²) in [6.07, 6.45) is -0.671. The summed E-state index contributed by atoms with van der Waals surface area (Å²) in [5.74, 6) is -1.48. The van der Waals surface area contributed by atoms with Gasteiger partial charge in [-0.2, -0.15) is 0 Å². The van der Waals surface area contributed by atoms with Crippen molar-refractivity contribution in [2.75, 3.05) is 19.6 Å². The summed E-state index contributed by atoms with van der Waals surface area (Å²) in [5, 5.41) is 13.0. The number of rotatable bonds is 6. The summed E-state index contributed by atoms with van der Waals surface area (Å²) < 4.78 is 5.27. The number of benzene rings is 1. The molecule has 8 nitrogen and oxygen atoms in total. The van der Waals surface area contributed by atoms with Gasteiger partial charge in [-0.1, -0.05) is 37.6 Å². The van der Waals surface area contributed by atoms with Gasteiger partial charge in [0.05, 0.1) is 0 Å². The smallest absolute Gasteiger partial charge is 0.408 e. The number of carboxylic acids is 1. The number of carbonyl (C=O) groups excluding carboxylic acids is 2. The zero-order chi connectivity index (χ0) is 23.3. The molecule has 0 spiro atoms. The summed E-state index contributed by atoms with van der Waals surface area (Å²) in [6.45, 7) is 10.2. The molecule has 1 fully saturated rings. The van der Waals surface area contributed by atoms with E-state index >= 15 is 0 Å². The first kappa shape index (κ1) is 24.9. The van der Waals surface area contributed by atoms with E-state index < -0.39 is 29.7 Å². The average molecular weight is 454 g/mol. The first-order valence-electron chi connectivity index (χ1n) is 10.4. The van der Waals surface area contributed by atoms with Gasteiger partial charge in [0.2, 0.25) is 5.91 Å². The van der Waals surface area contributed by atoms with Crippen molar-refractivity contribution in [3.8, 4) is 0 Å². The van der Waals surface area contributed by atoms with Gasteiger partial charge >= 0.3 is 12.1 Å². The Kier molecular flexibility index (Phi) is 8.31. The lowest BCUT2D eigenvalue weighted by Gasteiger charge is -2.41. The van der Waals surface area contributed by atoms with Crippen molar-refractivity contribution < 1.29 is 24.2 Å². The number of alkyl carbamates (subject to hydrolysis) is 1. The molecule has 0 bridgehead atoms. The molecule has 2 amide bonds. The number of halogens is 1. The van der Waals surface area contributed by atoms with E-state index in [0.717, 1.165) is 5.56 Å². The number of hydrogen-bond acceptors (Lipinski definition) is 5. The quantitative estimate of drug-likeness (QED) is 0.687. The van der Waals surface area contributed by atoms with Crippen LogP contribution in [0.25, 0.3) is 0 Å². The molecule has 0 radical (unpaired) electrons. The fourth-order valence-corrected chi connectivity index (χ4v) is 3.54. The molecule has 1 aromatic rings. The maximum absolute atomic E-state index is 13.1. The van der Waals surface area contributed by atoms with E-state index in [1.165, 1.54) is 4.90 Å². The van der Waals surface area contributed by atoms with E-state index in [9.17, 15) is 19.5 Å². The molecular formula is C22H32ClN3O5. The summed E-state index contributed by atoms with van der Waals surface area (Å²) >= 11 is 5.92. The molecule has 2 atom stereocenters. The van der Waals surface area contributed by atoms with Crippen LogP contribution in [0.5, 0.6) is 0 Å². The maximum atomic E-state index is 13.1. The molecule has 0 aliphatic carbocycles. The first-order valence-corrected chi connectivity index (χ1v) is 10.7. The Bertz CT molecular complexity index is 791. The molecule has 0 saturated carbocycles. The van der Waals surface area contributed by atoms with Crippen LogP contribution in [0.15, 0.2) is 24.3 Å². The molecule has 1 heterocycles. The number of ether oxygens (including phenoxy) is 1. The SMILES string of the molecule is CC(C)[C@H](NC(=O)OC(C)(C)C)C(=O)N1CCN(Cc2ccc(Cl)cc2)[C@H](C(=O)O)C1. The third kappa shape index (κ3) is 7.40. The number of nitrogens with one attached hydrogen (secondary N) is 1. The molecule has 1 aliphatic rings. The van der Waals surface area contributed by atoms with E-state index in [1.54, 1.807) is 32.9 Å². The van der Waals surface area contributed by atoms with E-state index in [-0.39, 0.29) is 18.4 Å². The summed E-state index contributed by atoms with van der Waals surface area (Å²) in [6, 6.07) is 5.61. The van der Waals surface area contributed by atoms with Crippen LogP contribution in [0.1, 0.15) is 40.2 Å². The van der Waals surface area contributed by atoms with Crippen LogP contribution in [-0.2, 0) is 20.9 Å². The third-order valence-corrected chi connectivity index (χ3v) is 5.24. The minimum Gasteiger partial charge on any atom is -0.480 e. The molecule has 9 heteroatoms. The Hall–Kier alpha value is -2.32. The standard InChI is InChI=1S/C22H32ClN3O5/c1-14(2)18(24-21(30)31-22(3,4)5)19(27)26-11-10-25(17(13-26)20(28)29)12-15-6-8-16(23)9-7-15/h6-9,14,17-18H,10-13H2,1-5H3,(H,24,30)(H,28,29)/t17-,18-/m0/s1. The van der Waals surface area contributed by atoms with Crippen LogP contribution in [-0.4, -0.2) is 70.2 Å². The lowest BCUT2D eigenvalue weighted by molar-refractivity contribution is -0.149. The van der Waals surface area contributed by atoms with Crippen LogP contribution in [0.4, 0.5) is 4.79 Å². The molecule has 0 unspecified atom stereocenters. The van der Waals surface area contributed by atoms with Gasteiger partial charge in [0.15, 0.2) is 0 Å². The Morgan fingerprint density at radius 2 is 1.81 bits per heavy atom. The largest absolute Gasteiger partial charge is 0.480 e. The van der Waals surface area contributed by atoms with Crippen LogP contribution in [0, 0.1) is 5.92 Å². The minimum absolute atomic E-state index is 0.0426.